The molecule has 1 heterocycles. The Balaban J connectivity index is 2.46. The molecule has 0 amide bonds. The lowest BCUT2D eigenvalue weighted by atomic mass is 9.76. The first-order chi connectivity index (χ1) is 8.94. The Bertz CT molecular complexity index is 513. The standard InChI is InChI=1S/C13H15BClF3O2/c1-11(2)12(3,4)20-14(19-11)10-6-5-8(15)7-9(10)13(16,17)18/h5-7H,1-4H3. The molecule has 0 bridgehead atoms. The Morgan fingerprint density at radius 1 is 1.05 bits per heavy atom. The molecule has 0 spiro atoms. The molecule has 0 saturated carbocycles. The first-order valence-electron chi connectivity index (χ1n) is 6.16. The summed E-state index contributed by atoms with van der Waals surface area (Å²) in [6.07, 6.45) is -4.51. The molecule has 2 rings (SSSR count). The quantitative estimate of drug-likeness (QED) is 0.737. The average molecular weight is 307 g/mol. The topological polar surface area (TPSA) is 18.5 Å². The molecule has 1 saturated heterocycles. The van der Waals surface area contributed by atoms with Crippen LogP contribution >= 0.6 is 11.6 Å². The van der Waals surface area contributed by atoms with Crippen LogP contribution in [0.2, 0.25) is 5.02 Å². The summed E-state index contributed by atoms with van der Waals surface area (Å²) in [6.45, 7) is 7.15. The van der Waals surface area contributed by atoms with E-state index in [1.807, 2.05) is 0 Å². The van der Waals surface area contributed by atoms with Crippen molar-refractivity contribution in [1.29, 1.82) is 0 Å². The first-order valence-corrected chi connectivity index (χ1v) is 6.54. The first kappa shape index (κ1) is 15.7. The SMILES string of the molecule is CC1(C)OB(c2ccc(Cl)cc2C(F)(F)F)OC1(C)C. The van der Waals surface area contributed by atoms with Gasteiger partial charge in [-0.2, -0.15) is 13.2 Å². The maximum absolute atomic E-state index is 13.1. The van der Waals surface area contributed by atoms with Crippen LogP contribution in [0.1, 0.15) is 33.3 Å². The molecule has 2 nitrogen and oxygen atoms in total. The molecule has 110 valence electrons. The van der Waals surface area contributed by atoms with Crippen LogP contribution in [0.5, 0.6) is 0 Å². The van der Waals surface area contributed by atoms with Crippen LogP contribution in [0.15, 0.2) is 18.2 Å². The fraction of sp³-hybridized carbons (Fsp3) is 0.538. The average Bonchev–Trinajstić information content (AvgIpc) is 2.46. The molecule has 1 aromatic rings. The summed E-state index contributed by atoms with van der Waals surface area (Å²) in [6, 6.07) is 3.59. The molecule has 0 unspecified atom stereocenters. The van der Waals surface area contributed by atoms with Crippen LogP contribution in [-0.4, -0.2) is 18.3 Å². The Hall–Kier alpha value is -0.715. The molecule has 1 aliphatic rings. The molecular weight excluding hydrogens is 291 g/mol. The van der Waals surface area contributed by atoms with Gasteiger partial charge in [0.05, 0.1) is 16.8 Å². The predicted molar refractivity (Wildman–Crippen MR) is 72.2 cm³/mol. The predicted octanol–water partition coefficient (Wildman–Crippen LogP) is 3.66. The van der Waals surface area contributed by atoms with Gasteiger partial charge in [0.2, 0.25) is 0 Å². The summed E-state index contributed by atoms with van der Waals surface area (Å²) >= 11 is 5.66. The van der Waals surface area contributed by atoms with Crippen LogP contribution < -0.4 is 5.46 Å². The molecule has 0 atom stereocenters. The Morgan fingerprint density at radius 2 is 1.55 bits per heavy atom. The fourth-order valence-electron chi connectivity index (χ4n) is 1.95. The van der Waals surface area contributed by atoms with Gasteiger partial charge in [-0.1, -0.05) is 17.7 Å². The van der Waals surface area contributed by atoms with Crippen molar-refractivity contribution in [2.24, 2.45) is 0 Å². The van der Waals surface area contributed by atoms with Crippen molar-refractivity contribution < 1.29 is 22.5 Å². The molecule has 0 radical (unpaired) electrons. The lowest BCUT2D eigenvalue weighted by Gasteiger charge is -2.32. The Kier molecular flexibility index (Phi) is 3.64. The number of hydrogen-bond acceptors (Lipinski definition) is 2. The number of benzene rings is 1. The van der Waals surface area contributed by atoms with Gasteiger partial charge < -0.3 is 9.31 Å². The third-order valence-corrected chi connectivity index (χ3v) is 4.06. The highest BCUT2D eigenvalue weighted by Crippen LogP contribution is 2.38. The second kappa shape index (κ2) is 4.65. The Labute approximate surface area is 121 Å². The molecule has 0 N–H and O–H groups in total. The third kappa shape index (κ3) is 2.69. The monoisotopic (exact) mass is 306 g/mol. The van der Waals surface area contributed by atoms with E-state index in [1.54, 1.807) is 27.7 Å². The van der Waals surface area contributed by atoms with E-state index in [0.29, 0.717) is 0 Å². The maximum atomic E-state index is 13.1. The van der Waals surface area contributed by atoms with E-state index in [9.17, 15) is 13.2 Å². The minimum Gasteiger partial charge on any atom is -0.399 e. The molecule has 0 aliphatic carbocycles. The molecular formula is C13H15BClF3O2. The normalized spacial score (nSPS) is 21.3. The van der Waals surface area contributed by atoms with Gasteiger partial charge in [0, 0.05) is 5.02 Å². The molecule has 0 aromatic heterocycles. The van der Waals surface area contributed by atoms with Gasteiger partial charge in [0.15, 0.2) is 0 Å². The van der Waals surface area contributed by atoms with E-state index in [1.165, 1.54) is 12.1 Å². The maximum Gasteiger partial charge on any atom is 0.495 e. The van der Waals surface area contributed by atoms with E-state index < -0.39 is 30.1 Å². The van der Waals surface area contributed by atoms with E-state index in [2.05, 4.69) is 0 Å². The highest BCUT2D eigenvalue weighted by Gasteiger charge is 2.53. The van der Waals surface area contributed by atoms with Gasteiger partial charge in [-0.3, -0.25) is 0 Å². The smallest absolute Gasteiger partial charge is 0.399 e. The summed E-state index contributed by atoms with van der Waals surface area (Å²) < 4.78 is 50.6. The molecule has 20 heavy (non-hydrogen) atoms. The van der Waals surface area contributed by atoms with Crippen molar-refractivity contribution in [3.63, 3.8) is 0 Å². The van der Waals surface area contributed by atoms with E-state index >= 15 is 0 Å². The molecule has 1 aliphatic heterocycles. The van der Waals surface area contributed by atoms with Gasteiger partial charge in [-0.15, -0.1) is 0 Å². The summed E-state index contributed by atoms with van der Waals surface area (Å²) in [4.78, 5) is 0. The number of rotatable bonds is 1. The summed E-state index contributed by atoms with van der Waals surface area (Å²) in [5.41, 5.74) is -2.27. The molecule has 1 fully saturated rings. The zero-order valence-electron chi connectivity index (χ0n) is 11.6. The van der Waals surface area contributed by atoms with Crippen LogP contribution in [0.4, 0.5) is 13.2 Å². The van der Waals surface area contributed by atoms with Crippen LogP contribution in [0, 0.1) is 0 Å². The van der Waals surface area contributed by atoms with Gasteiger partial charge in [0.25, 0.3) is 0 Å². The molecule has 1 aromatic carbocycles. The van der Waals surface area contributed by atoms with Crippen LogP contribution in [-0.2, 0) is 15.5 Å². The highest BCUT2D eigenvalue weighted by atomic mass is 35.5. The zero-order chi connectivity index (χ0) is 15.3. The van der Waals surface area contributed by atoms with Gasteiger partial charge in [-0.05, 0) is 45.3 Å². The van der Waals surface area contributed by atoms with Crippen molar-refractivity contribution in [3.05, 3.63) is 28.8 Å². The van der Waals surface area contributed by atoms with Gasteiger partial charge in [-0.25, -0.2) is 0 Å². The van der Waals surface area contributed by atoms with Gasteiger partial charge >= 0.3 is 13.3 Å². The lowest BCUT2D eigenvalue weighted by Crippen LogP contribution is -2.41. The minimum absolute atomic E-state index is 0.0255. The largest absolute Gasteiger partial charge is 0.495 e. The van der Waals surface area contributed by atoms with E-state index in [0.717, 1.165) is 6.07 Å². The second-order valence-electron chi connectivity index (χ2n) is 5.82. The minimum atomic E-state index is -4.51. The van der Waals surface area contributed by atoms with Crippen LogP contribution in [0.3, 0.4) is 0 Å². The third-order valence-electron chi connectivity index (χ3n) is 3.83. The summed E-state index contributed by atoms with van der Waals surface area (Å²) in [5, 5.41) is 0.0255. The second-order valence-corrected chi connectivity index (χ2v) is 6.25. The molecule has 7 heteroatoms. The fourth-order valence-corrected chi connectivity index (χ4v) is 2.12. The van der Waals surface area contributed by atoms with Crippen molar-refractivity contribution in [3.8, 4) is 0 Å². The van der Waals surface area contributed by atoms with Crippen LogP contribution in [0.25, 0.3) is 0 Å². The zero-order valence-corrected chi connectivity index (χ0v) is 12.4. The van der Waals surface area contributed by atoms with Crippen molar-refractivity contribution in [1.82, 2.24) is 0 Å². The van der Waals surface area contributed by atoms with Crippen molar-refractivity contribution in [2.75, 3.05) is 0 Å². The number of hydrogen-bond donors (Lipinski definition) is 0. The summed E-state index contributed by atoms with van der Waals surface area (Å²) in [7, 11) is -1.06. The van der Waals surface area contributed by atoms with E-state index in [4.69, 9.17) is 20.9 Å². The summed E-state index contributed by atoms with van der Waals surface area (Å²) in [5.74, 6) is 0. The van der Waals surface area contributed by atoms with E-state index in [-0.39, 0.29) is 10.5 Å². The number of halogens is 4. The lowest BCUT2D eigenvalue weighted by molar-refractivity contribution is -0.136. The van der Waals surface area contributed by atoms with Gasteiger partial charge in [0.1, 0.15) is 0 Å². The highest BCUT2D eigenvalue weighted by molar-refractivity contribution is 6.62. The number of alkyl halides is 3. The Morgan fingerprint density at radius 3 is 2.00 bits per heavy atom. The van der Waals surface area contributed by atoms with Crippen molar-refractivity contribution in [2.45, 2.75) is 45.1 Å². The van der Waals surface area contributed by atoms with Crippen molar-refractivity contribution >= 4 is 24.2 Å².